The van der Waals surface area contributed by atoms with Crippen molar-refractivity contribution in [3.05, 3.63) is 0 Å². The Labute approximate surface area is 93.7 Å². The third kappa shape index (κ3) is 1.42. The Morgan fingerprint density at radius 1 is 1.44 bits per heavy atom. The van der Waals surface area contributed by atoms with E-state index in [1.54, 1.807) is 11.8 Å². The smallest absolute Gasteiger partial charge is 0.325 e. The molecule has 0 radical (unpaired) electrons. The number of esters is 1. The molecule has 0 saturated carbocycles. The lowest BCUT2D eigenvalue weighted by molar-refractivity contribution is -0.163. The van der Waals surface area contributed by atoms with Crippen molar-refractivity contribution in [2.24, 2.45) is 11.8 Å². The number of ketones is 1. The first-order chi connectivity index (χ1) is 7.57. The average Bonchev–Trinajstić information content (AvgIpc) is 2.75. The summed E-state index contributed by atoms with van der Waals surface area (Å²) in [6, 6.07) is -0.0130. The zero-order valence-electron chi connectivity index (χ0n) is 9.43. The van der Waals surface area contributed by atoms with E-state index in [9.17, 15) is 14.4 Å². The fraction of sp³-hybridized carbons (Fsp3) is 0.727. The molecular weight excluding hydrogens is 210 g/mol. The lowest BCUT2D eigenvalue weighted by Gasteiger charge is -2.36. The molecule has 2 aliphatic rings. The van der Waals surface area contributed by atoms with Gasteiger partial charge in [-0.05, 0) is 12.8 Å². The SMILES string of the molecule is COC(=O)C1C(=O)C(C)[C@@H]2CCCN2C1=O. The van der Waals surface area contributed by atoms with E-state index in [1.807, 2.05) is 0 Å². The van der Waals surface area contributed by atoms with Crippen molar-refractivity contribution >= 4 is 17.7 Å². The van der Waals surface area contributed by atoms with Gasteiger partial charge in [-0.25, -0.2) is 0 Å². The van der Waals surface area contributed by atoms with Gasteiger partial charge in [-0.3, -0.25) is 14.4 Å². The molecular formula is C11H15NO4. The van der Waals surface area contributed by atoms with Crippen LogP contribution in [0.3, 0.4) is 0 Å². The molecule has 0 bridgehead atoms. The number of hydrogen-bond donors (Lipinski definition) is 0. The predicted molar refractivity (Wildman–Crippen MR) is 54.4 cm³/mol. The van der Waals surface area contributed by atoms with E-state index < -0.39 is 11.9 Å². The van der Waals surface area contributed by atoms with E-state index in [-0.39, 0.29) is 23.7 Å². The minimum absolute atomic E-state index is 0.0130. The number of hydrogen-bond acceptors (Lipinski definition) is 4. The van der Waals surface area contributed by atoms with Crippen molar-refractivity contribution in [3.8, 4) is 0 Å². The van der Waals surface area contributed by atoms with Crippen LogP contribution in [0.25, 0.3) is 0 Å². The molecule has 0 aromatic rings. The molecule has 5 nitrogen and oxygen atoms in total. The molecule has 16 heavy (non-hydrogen) atoms. The van der Waals surface area contributed by atoms with E-state index in [0.717, 1.165) is 12.8 Å². The van der Waals surface area contributed by atoms with E-state index in [0.29, 0.717) is 6.54 Å². The second-order valence-corrected chi connectivity index (χ2v) is 4.39. The van der Waals surface area contributed by atoms with Gasteiger partial charge in [-0.15, -0.1) is 0 Å². The van der Waals surface area contributed by atoms with Crippen LogP contribution in [0, 0.1) is 11.8 Å². The molecule has 0 aromatic heterocycles. The largest absolute Gasteiger partial charge is 0.468 e. The molecule has 0 N–H and O–H groups in total. The first-order valence-electron chi connectivity index (χ1n) is 5.50. The summed E-state index contributed by atoms with van der Waals surface area (Å²) in [5, 5.41) is 0. The highest BCUT2D eigenvalue weighted by atomic mass is 16.5. The Balaban J connectivity index is 2.30. The maximum atomic E-state index is 12.0. The van der Waals surface area contributed by atoms with Crippen LogP contribution in [0.4, 0.5) is 0 Å². The molecule has 2 heterocycles. The van der Waals surface area contributed by atoms with Gasteiger partial charge in [-0.2, -0.15) is 0 Å². The second kappa shape index (κ2) is 3.88. The van der Waals surface area contributed by atoms with Crippen LogP contribution in [0.1, 0.15) is 19.8 Å². The highest BCUT2D eigenvalue weighted by Gasteiger charge is 2.51. The number of fused-ring (bicyclic) bond motifs is 1. The van der Waals surface area contributed by atoms with Crippen molar-refractivity contribution in [2.75, 3.05) is 13.7 Å². The monoisotopic (exact) mass is 225 g/mol. The Morgan fingerprint density at radius 3 is 2.75 bits per heavy atom. The molecule has 0 spiro atoms. The fourth-order valence-corrected chi connectivity index (χ4v) is 2.66. The number of carbonyl (C=O) groups excluding carboxylic acids is 3. The molecule has 5 heteroatoms. The summed E-state index contributed by atoms with van der Waals surface area (Å²) in [4.78, 5) is 37.0. The number of Topliss-reactive ketones (excluding diaryl/α,β-unsaturated/α-hetero) is 1. The van der Waals surface area contributed by atoms with Crippen LogP contribution in [0.5, 0.6) is 0 Å². The van der Waals surface area contributed by atoms with Gasteiger partial charge in [0.15, 0.2) is 11.7 Å². The number of piperidine rings is 1. The number of rotatable bonds is 1. The highest BCUT2D eigenvalue weighted by Crippen LogP contribution is 2.33. The number of amides is 1. The van der Waals surface area contributed by atoms with Crippen LogP contribution < -0.4 is 0 Å². The summed E-state index contributed by atoms with van der Waals surface area (Å²) < 4.78 is 4.52. The zero-order chi connectivity index (χ0) is 11.9. The van der Waals surface area contributed by atoms with Gasteiger partial charge in [-0.1, -0.05) is 6.92 Å². The molecule has 2 fully saturated rings. The summed E-state index contributed by atoms with van der Waals surface area (Å²) in [5.41, 5.74) is 0. The molecule has 2 saturated heterocycles. The quantitative estimate of drug-likeness (QED) is 0.465. The normalized spacial score (nSPS) is 33.9. The number of carbonyl (C=O) groups is 3. The van der Waals surface area contributed by atoms with Gasteiger partial charge in [0, 0.05) is 18.5 Å². The molecule has 88 valence electrons. The molecule has 1 amide bonds. The number of ether oxygens (including phenoxy) is 1. The molecule has 0 aliphatic carbocycles. The minimum Gasteiger partial charge on any atom is -0.468 e. The standard InChI is InChI=1S/C11H15NO4/c1-6-7-4-3-5-12(7)10(14)8(9(6)13)11(15)16-2/h6-8H,3-5H2,1-2H3/t6?,7-,8?/m0/s1. The van der Waals surface area contributed by atoms with E-state index in [4.69, 9.17) is 0 Å². The Bertz CT molecular complexity index is 352. The maximum Gasteiger partial charge on any atom is 0.325 e. The zero-order valence-corrected chi connectivity index (χ0v) is 9.43. The third-order valence-electron chi connectivity index (χ3n) is 3.58. The molecule has 2 unspecified atom stereocenters. The predicted octanol–water partition coefficient (Wildman–Crippen LogP) is -0.0146. The van der Waals surface area contributed by atoms with Crippen molar-refractivity contribution in [1.29, 1.82) is 0 Å². The molecule has 2 aliphatic heterocycles. The van der Waals surface area contributed by atoms with Crippen molar-refractivity contribution < 1.29 is 19.1 Å². The minimum atomic E-state index is -1.23. The Morgan fingerprint density at radius 2 is 2.12 bits per heavy atom. The third-order valence-corrected chi connectivity index (χ3v) is 3.58. The molecule has 3 atom stereocenters. The summed E-state index contributed by atoms with van der Waals surface area (Å²) in [5.74, 6) is -2.89. The van der Waals surface area contributed by atoms with Gasteiger partial charge in [0.05, 0.1) is 7.11 Å². The van der Waals surface area contributed by atoms with Crippen LogP contribution in [0.15, 0.2) is 0 Å². The van der Waals surface area contributed by atoms with Gasteiger partial charge in [0.2, 0.25) is 5.91 Å². The highest BCUT2D eigenvalue weighted by molar-refractivity contribution is 6.18. The Kier molecular flexibility index (Phi) is 2.69. The Hall–Kier alpha value is -1.39. The second-order valence-electron chi connectivity index (χ2n) is 4.39. The van der Waals surface area contributed by atoms with Crippen molar-refractivity contribution in [1.82, 2.24) is 4.90 Å². The lowest BCUT2D eigenvalue weighted by atomic mass is 9.82. The van der Waals surface area contributed by atoms with Crippen LogP contribution in [0.2, 0.25) is 0 Å². The lowest BCUT2D eigenvalue weighted by Crippen LogP contribution is -2.56. The molecule has 2 rings (SSSR count). The maximum absolute atomic E-state index is 12.0. The van der Waals surface area contributed by atoms with Crippen LogP contribution in [-0.4, -0.2) is 42.3 Å². The summed E-state index contributed by atoms with van der Waals surface area (Å²) in [6.07, 6.45) is 1.76. The average molecular weight is 225 g/mol. The van der Waals surface area contributed by atoms with Crippen LogP contribution in [-0.2, 0) is 19.1 Å². The van der Waals surface area contributed by atoms with Crippen LogP contribution >= 0.6 is 0 Å². The number of nitrogens with zero attached hydrogens (tertiary/aromatic N) is 1. The van der Waals surface area contributed by atoms with Crippen molar-refractivity contribution in [3.63, 3.8) is 0 Å². The summed E-state index contributed by atoms with van der Waals surface area (Å²) >= 11 is 0. The van der Waals surface area contributed by atoms with E-state index in [1.165, 1.54) is 7.11 Å². The summed E-state index contributed by atoms with van der Waals surface area (Å²) in [7, 11) is 1.20. The van der Waals surface area contributed by atoms with Gasteiger partial charge in [0.25, 0.3) is 0 Å². The van der Waals surface area contributed by atoms with Gasteiger partial charge in [0.1, 0.15) is 0 Å². The van der Waals surface area contributed by atoms with Crippen molar-refractivity contribution in [2.45, 2.75) is 25.8 Å². The molecule has 0 aromatic carbocycles. The number of methoxy groups -OCH3 is 1. The topological polar surface area (TPSA) is 63.7 Å². The van der Waals surface area contributed by atoms with Gasteiger partial charge < -0.3 is 9.64 Å². The first-order valence-corrected chi connectivity index (χ1v) is 5.50. The van der Waals surface area contributed by atoms with E-state index in [2.05, 4.69) is 4.74 Å². The van der Waals surface area contributed by atoms with Gasteiger partial charge >= 0.3 is 5.97 Å². The van der Waals surface area contributed by atoms with E-state index >= 15 is 0 Å². The summed E-state index contributed by atoms with van der Waals surface area (Å²) in [6.45, 7) is 2.43. The first kappa shape index (κ1) is 11.1. The fourth-order valence-electron chi connectivity index (χ4n) is 2.66.